The molecule has 0 spiro atoms. The average molecular weight is 246 g/mol. The number of anilines is 1. The molecular formula is C15H22N2O. The summed E-state index contributed by atoms with van der Waals surface area (Å²) in [5.74, 6) is 0.517. The molecule has 0 aromatic heterocycles. The van der Waals surface area contributed by atoms with Gasteiger partial charge in [-0.1, -0.05) is 26.0 Å². The van der Waals surface area contributed by atoms with E-state index in [0.29, 0.717) is 11.6 Å². The third-order valence-electron chi connectivity index (χ3n) is 2.55. The lowest BCUT2D eigenvalue weighted by molar-refractivity contribution is -0.117. The van der Waals surface area contributed by atoms with Crippen LogP contribution in [0.4, 0.5) is 5.69 Å². The van der Waals surface area contributed by atoms with E-state index in [-0.39, 0.29) is 11.9 Å². The van der Waals surface area contributed by atoms with Gasteiger partial charge in [-0.2, -0.15) is 0 Å². The molecule has 3 N–H and O–H groups in total. The van der Waals surface area contributed by atoms with E-state index in [4.69, 9.17) is 5.73 Å². The minimum Gasteiger partial charge on any atom is -0.399 e. The van der Waals surface area contributed by atoms with Crippen molar-refractivity contribution in [3.05, 3.63) is 35.9 Å². The highest BCUT2D eigenvalue weighted by Gasteiger charge is 2.06. The molecule has 0 bridgehead atoms. The van der Waals surface area contributed by atoms with Gasteiger partial charge < -0.3 is 11.1 Å². The Labute approximate surface area is 109 Å². The molecule has 0 radical (unpaired) electrons. The number of nitrogen functional groups attached to an aromatic ring is 1. The van der Waals surface area contributed by atoms with E-state index >= 15 is 0 Å². The van der Waals surface area contributed by atoms with Gasteiger partial charge in [0, 0.05) is 17.8 Å². The van der Waals surface area contributed by atoms with Gasteiger partial charge in [-0.25, -0.2) is 0 Å². The van der Waals surface area contributed by atoms with Crippen molar-refractivity contribution < 1.29 is 4.79 Å². The summed E-state index contributed by atoms with van der Waals surface area (Å²) in [5.41, 5.74) is 7.30. The second-order valence-electron chi connectivity index (χ2n) is 5.04. The summed E-state index contributed by atoms with van der Waals surface area (Å²) in [6, 6.07) is 7.64. The van der Waals surface area contributed by atoms with Crippen LogP contribution >= 0.6 is 0 Å². The number of nitrogens with two attached hydrogens (primary N) is 1. The summed E-state index contributed by atoms with van der Waals surface area (Å²) in [6.07, 6.45) is 4.30. The van der Waals surface area contributed by atoms with Crippen molar-refractivity contribution in [2.45, 2.75) is 33.2 Å². The highest BCUT2D eigenvalue weighted by atomic mass is 16.1. The first-order chi connectivity index (χ1) is 8.47. The highest BCUT2D eigenvalue weighted by Crippen LogP contribution is 2.08. The zero-order valence-corrected chi connectivity index (χ0v) is 11.3. The SMILES string of the molecule is CC(C)CC(C)NC(=O)/C=C/c1cccc(N)c1. The van der Waals surface area contributed by atoms with Gasteiger partial charge in [-0.15, -0.1) is 0 Å². The Morgan fingerprint density at radius 2 is 2.11 bits per heavy atom. The normalized spacial score (nSPS) is 12.9. The van der Waals surface area contributed by atoms with E-state index in [2.05, 4.69) is 19.2 Å². The Hall–Kier alpha value is -1.77. The molecule has 18 heavy (non-hydrogen) atoms. The lowest BCUT2D eigenvalue weighted by atomic mass is 10.1. The molecular weight excluding hydrogens is 224 g/mol. The van der Waals surface area contributed by atoms with Gasteiger partial charge in [0.25, 0.3) is 0 Å². The molecule has 0 saturated heterocycles. The van der Waals surface area contributed by atoms with Crippen LogP contribution in [0, 0.1) is 5.92 Å². The van der Waals surface area contributed by atoms with Gasteiger partial charge in [-0.3, -0.25) is 4.79 Å². The molecule has 0 aliphatic carbocycles. The molecule has 0 heterocycles. The van der Waals surface area contributed by atoms with Crippen molar-refractivity contribution >= 4 is 17.7 Å². The molecule has 0 aliphatic heterocycles. The minimum atomic E-state index is -0.0643. The van der Waals surface area contributed by atoms with Gasteiger partial charge in [0.15, 0.2) is 0 Å². The lowest BCUT2D eigenvalue weighted by Crippen LogP contribution is -2.32. The predicted molar refractivity (Wildman–Crippen MR) is 76.9 cm³/mol. The summed E-state index contributed by atoms with van der Waals surface area (Å²) in [6.45, 7) is 6.31. The van der Waals surface area contributed by atoms with E-state index in [1.165, 1.54) is 0 Å². The van der Waals surface area contributed by atoms with E-state index in [9.17, 15) is 4.79 Å². The molecule has 3 nitrogen and oxygen atoms in total. The standard InChI is InChI=1S/C15H22N2O/c1-11(2)9-12(3)17-15(18)8-7-13-5-4-6-14(16)10-13/h4-8,10-12H,9,16H2,1-3H3,(H,17,18)/b8-7+. The van der Waals surface area contributed by atoms with E-state index < -0.39 is 0 Å². The quantitative estimate of drug-likeness (QED) is 0.620. The third kappa shape index (κ3) is 5.53. The molecule has 1 atom stereocenters. The second kappa shape index (κ2) is 6.84. The van der Waals surface area contributed by atoms with Crippen LogP contribution in [-0.2, 0) is 4.79 Å². The van der Waals surface area contributed by atoms with E-state index in [1.807, 2.05) is 31.2 Å². The molecule has 1 rings (SSSR count). The van der Waals surface area contributed by atoms with Gasteiger partial charge in [0.1, 0.15) is 0 Å². The number of benzene rings is 1. The maximum Gasteiger partial charge on any atom is 0.244 e. The Morgan fingerprint density at radius 3 is 2.72 bits per heavy atom. The van der Waals surface area contributed by atoms with Crippen molar-refractivity contribution in [3.63, 3.8) is 0 Å². The van der Waals surface area contributed by atoms with Gasteiger partial charge in [0.05, 0.1) is 0 Å². The topological polar surface area (TPSA) is 55.1 Å². The number of carbonyl (C=O) groups is 1. The summed E-state index contributed by atoms with van der Waals surface area (Å²) in [7, 11) is 0. The van der Waals surface area contributed by atoms with Crippen LogP contribution in [0.5, 0.6) is 0 Å². The Bertz CT molecular complexity index is 424. The fourth-order valence-corrected chi connectivity index (χ4v) is 1.89. The molecule has 1 amide bonds. The number of hydrogen-bond acceptors (Lipinski definition) is 2. The van der Waals surface area contributed by atoms with Crippen LogP contribution in [0.25, 0.3) is 6.08 Å². The van der Waals surface area contributed by atoms with Crippen molar-refractivity contribution in [1.29, 1.82) is 0 Å². The summed E-state index contributed by atoms with van der Waals surface area (Å²) in [5, 5.41) is 2.94. The predicted octanol–water partition coefficient (Wildman–Crippen LogP) is 2.83. The van der Waals surface area contributed by atoms with E-state index in [1.54, 1.807) is 12.2 Å². The van der Waals surface area contributed by atoms with Gasteiger partial charge in [0.2, 0.25) is 5.91 Å². The number of carbonyl (C=O) groups excluding carboxylic acids is 1. The fraction of sp³-hybridized carbons (Fsp3) is 0.400. The fourth-order valence-electron chi connectivity index (χ4n) is 1.89. The summed E-state index contributed by atoms with van der Waals surface area (Å²) < 4.78 is 0. The van der Waals surface area contributed by atoms with Crippen LogP contribution in [0.3, 0.4) is 0 Å². The van der Waals surface area contributed by atoms with Crippen LogP contribution in [0.15, 0.2) is 30.3 Å². The third-order valence-corrected chi connectivity index (χ3v) is 2.55. The molecule has 1 unspecified atom stereocenters. The maximum atomic E-state index is 11.7. The average Bonchev–Trinajstić information content (AvgIpc) is 2.25. The number of amides is 1. The first-order valence-corrected chi connectivity index (χ1v) is 6.31. The van der Waals surface area contributed by atoms with Gasteiger partial charge in [-0.05, 0) is 43.0 Å². The van der Waals surface area contributed by atoms with Crippen LogP contribution < -0.4 is 11.1 Å². The van der Waals surface area contributed by atoms with Crippen molar-refractivity contribution in [2.75, 3.05) is 5.73 Å². The highest BCUT2D eigenvalue weighted by molar-refractivity contribution is 5.91. The Kier molecular flexibility index (Phi) is 5.43. The zero-order valence-electron chi connectivity index (χ0n) is 11.3. The molecule has 0 saturated carbocycles. The Morgan fingerprint density at radius 1 is 1.39 bits per heavy atom. The van der Waals surface area contributed by atoms with Crippen LogP contribution in [-0.4, -0.2) is 11.9 Å². The largest absolute Gasteiger partial charge is 0.399 e. The lowest BCUT2D eigenvalue weighted by Gasteiger charge is -2.14. The molecule has 98 valence electrons. The number of rotatable bonds is 5. The zero-order chi connectivity index (χ0) is 13.5. The summed E-state index contributed by atoms with van der Waals surface area (Å²) in [4.78, 5) is 11.7. The molecule has 0 fully saturated rings. The molecule has 3 heteroatoms. The van der Waals surface area contributed by atoms with E-state index in [0.717, 1.165) is 12.0 Å². The molecule has 1 aromatic carbocycles. The van der Waals surface area contributed by atoms with Gasteiger partial charge >= 0.3 is 0 Å². The van der Waals surface area contributed by atoms with Crippen molar-refractivity contribution in [1.82, 2.24) is 5.32 Å². The summed E-state index contributed by atoms with van der Waals surface area (Å²) >= 11 is 0. The number of nitrogens with one attached hydrogen (secondary N) is 1. The molecule has 0 aliphatic rings. The first kappa shape index (κ1) is 14.3. The number of hydrogen-bond donors (Lipinski definition) is 2. The van der Waals surface area contributed by atoms with Crippen LogP contribution in [0.1, 0.15) is 32.8 Å². The van der Waals surface area contributed by atoms with Crippen LogP contribution in [0.2, 0.25) is 0 Å². The van der Waals surface area contributed by atoms with Crippen molar-refractivity contribution in [2.24, 2.45) is 5.92 Å². The second-order valence-corrected chi connectivity index (χ2v) is 5.04. The minimum absolute atomic E-state index is 0.0643. The monoisotopic (exact) mass is 246 g/mol. The van der Waals surface area contributed by atoms with Crippen molar-refractivity contribution in [3.8, 4) is 0 Å². The molecule has 1 aromatic rings. The Balaban J connectivity index is 2.49. The first-order valence-electron chi connectivity index (χ1n) is 6.31. The smallest absolute Gasteiger partial charge is 0.244 e. The maximum absolute atomic E-state index is 11.7.